The first-order valence-corrected chi connectivity index (χ1v) is 10.1. The van der Waals surface area contributed by atoms with Gasteiger partial charge in [-0.1, -0.05) is 48.0 Å². The minimum Gasteiger partial charge on any atom is -0.373 e. The van der Waals surface area contributed by atoms with E-state index in [9.17, 15) is 10.1 Å². The number of hydrogen-bond acceptors (Lipinski definition) is 4. The van der Waals surface area contributed by atoms with Crippen LogP contribution in [-0.2, 0) is 18.4 Å². The first-order chi connectivity index (χ1) is 14.1. The number of piperidine rings is 1. The number of aromatic nitrogens is 1. The average molecular weight is 408 g/mol. The summed E-state index contributed by atoms with van der Waals surface area (Å²) in [6.07, 6.45) is 1.79. The van der Waals surface area contributed by atoms with Crippen LogP contribution < -0.4 is 10.5 Å². The molecular formula is C23H22ClN3O2. The molecule has 1 fully saturated rings. The number of rotatable bonds is 4. The molecule has 0 aliphatic carbocycles. The van der Waals surface area contributed by atoms with Gasteiger partial charge in [0.2, 0.25) is 0 Å². The van der Waals surface area contributed by atoms with E-state index in [1.54, 1.807) is 11.6 Å². The van der Waals surface area contributed by atoms with Crippen LogP contribution in [0, 0.1) is 11.3 Å². The minimum absolute atomic E-state index is 0.130. The van der Waals surface area contributed by atoms with Gasteiger partial charge in [0.05, 0.1) is 23.9 Å². The van der Waals surface area contributed by atoms with Gasteiger partial charge < -0.3 is 14.2 Å². The zero-order valence-electron chi connectivity index (χ0n) is 16.3. The van der Waals surface area contributed by atoms with Crippen LogP contribution in [0.1, 0.15) is 24.0 Å². The smallest absolute Gasteiger partial charge is 0.270 e. The van der Waals surface area contributed by atoms with Gasteiger partial charge in [0.15, 0.2) is 0 Å². The molecule has 6 heteroatoms. The Morgan fingerprint density at radius 2 is 1.83 bits per heavy atom. The first kappa shape index (κ1) is 19.5. The lowest BCUT2D eigenvalue weighted by atomic mass is 10.0. The van der Waals surface area contributed by atoms with Crippen molar-refractivity contribution in [1.82, 2.24) is 4.57 Å². The number of para-hydroxylation sites is 1. The van der Waals surface area contributed by atoms with E-state index in [4.69, 9.17) is 16.3 Å². The Labute approximate surface area is 174 Å². The van der Waals surface area contributed by atoms with Crippen molar-refractivity contribution in [3.63, 3.8) is 0 Å². The molecule has 0 saturated carbocycles. The fourth-order valence-electron chi connectivity index (χ4n) is 3.98. The molecule has 29 heavy (non-hydrogen) atoms. The zero-order valence-corrected chi connectivity index (χ0v) is 17.0. The van der Waals surface area contributed by atoms with Gasteiger partial charge in [0.25, 0.3) is 5.56 Å². The van der Waals surface area contributed by atoms with Crippen LogP contribution in [0.3, 0.4) is 0 Å². The van der Waals surface area contributed by atoms with Crippen LogP contribution in [0.4, 0.5) is 5.69 Å². The van der Waals surface area contributed by atoms with Crippen LogP contribution >= 0.6 is 11.6 Å². The largest absolute Gasteiger partial charge is 0.373 e. The molecule has 0 unspecified atom stereocenters. The second kappa shape index (κ2) is 8.28. The Bertz CT molecular complexity index is 1140. The van der Waals surface area contributed by atoms with Gasteiger partial charge in [-0.2, -0.15) is 5.26 Å². The van der Waals surface area contributed by atoms with Gasteiger partial charge in [0, 0.05) is 30.5 Å². The van der Waals surface area contributed by atoms with Crippen molar-refractivity contribution in [1.29, 1.82) is 5.26 Å². The van der Waals surface area contributed by atoms with Crippen molar-refractivity contribution < 1.29 is 4.74 Å². The third-order valence-electron chi connectivity index (χ3n) is 5.58. The number of anilines is 1. The second-order valence-corrected chi connectivity index (χ2v) is 7.71. The van der Waals surface area contributed by atoms with E-state index >= 15 is 0 Å². The third kappa shape index (κ3) is 3.74. The zero-order chi connectivity index (χ0) is 20.4. The molecule has 0 bridgehead atoms. The highest BCUT2D eigenvalue weighted by Gasteiger charge is 2.25. The summed E-state index contributed by atoms with van der Waals surface area (Å²) in [7, 11) is 1.71. The highest BCUT2D eigenvalue weighted by Crippen LogP contribution is 2.31. The number of nitrogens with zero attached hydrogens (tertiary/aromatic N) is 3. The first-order valence-electron chi connectivity index (χ1n) is 9.72. The summed E-state index contributed by atoms with van der Waals surface area (Å²) in [6, 6.07) is 17.6. The van der Waals surface area contributed by atoms with E-state index in [2.05, 4.69) is 11.0 Å². The number of benzene rings is 2. The maximum atomic E-state index is 12.7. The van der Waals surface area contributed by atoms with Gasteiger partial charge in [-0.05, 0) is 30.5 Å². The maximum absolute atomic E-state index is 12.7. The molecule has 1 aliphatic rings. The van der Waals surface area contributed by atoms with Crippen molar-refractivity contribution in [3.8, 4) is 6.07 Å². The monoisotopic (exact) mass is 407 g/mol. The summed E-state index contributed by atoms with van der Waals surface area (Å²) in [5, 5.41) is 11.3. The number of hydrogen-bond donors (Lipinski definition) is 0. The van der Waals surface area contributed by atoms with Crippen LogP contribution in [0.25, 0.3) is 10.9 Å². The molecule has 0 radical (unpaired) electrons. The Morgan fingerprint density at radius 3 is 2.55 bits per heavy atom. The second-order valence-electron chi connectivity index (χ2n) is 7.31. The molecular weight excluding hydrogens is 386 g/mol. The fourth-order valence-corrected chi connectivity index (χ4v) is 4.17. The van der Waals surface area contributed by atoms with E-state index < -0.39 is 0 Å². The van der Waals surface area contributed by atoms with Crippen molar-refractivity contribution in [3.05, 3.63) is 75.0 Å². The number of nitriles is 1. The van der Waals surface area contributed by atoms with Gasteiger partial charge in [-0.25, -0.2) is 0 Å². The number of ether oxygens (including phenoxy) is 1. The quantitative estimate of drug-likeness (QED) is 0.648. The molecule has 1 aromatic heterocycles. The van der Waals surface area contributed by atoms with Crippen molar-refractivity contribution in [2.45, 2.75) is 25.6 Å². The van der Waals surface area contributed by atoms with Gasteiger partial charge in [-0.3, -0.25) is 4.79 Å². The average Bonchev–Trinajstić information content (AvgIpc) is 2.76. The Hall–Kier alpha value is -2.81. The Morgan fingerprint density at radius 1 is 1.14 bits per heavy atom. The van der Waals surface area contributed by atoms with Crippen LogP contribution in [0.5, 0.6) is 0 Å². The summed E-state index contributed by atoms with van der Waals surface area (Å²) < 4.78 is 7.63. The van der Waals surface area contributed by atoms with Crippen molar-refractivity contribution >= 4 is 28.2 Å². The van der Waals surface area contributed by atoms with E-state index in [1.165, 1.54) is 0 Å². The SMILES string of the molecule is Cn1c(=O)c(C#N)c(N2CCC(OCc3ccccc3Cl)CC2)c2ccccc21. The Balaban J connectivity index is 1.54. The molecule has 0 amide bonds. The molecule has 2 aromatic carbocycles. The lowest BCUT2D eigenvalue weighted by molar-refractivity contribution is 0.0252. The molecule has 3 aromatic rings. The van der Waals surface area contributed by atoms with Gasteiger partial charge in [-0.15, -0.1) is 0 Å². The molecule has 5 nitrogen and oxygen atoms in total. The Kier molecular flexibility index (Phi) is 5.57. The van der Waals surface area contributed by atoms with E-state index in [1.807, 2.05) is 48.5 Å². The summed E-state index contributed by atoms with van der Waals surface area (Å²) in [5.74, 6) is 0. The number of aryl methyl sites for hydroxylation is 1. The predicted octanol–water partition coefficient (Wildman–Crippen LogP) is 4.25. The van der Waals surface area contributed by atoms with E-state index in [0.29, 0.717) is 6.61 Å². The molecule has 148 valence electrons. The predicted molar refractivity (Wildman–Crippen MR) is 115 cm³/mol. The highest BCUT2D eigenvalue weighted by atomic mass is 35.5. The topological polar surface area (TPSA) is 58.3 Å². The summed E-state index contributed by atoms with van der Waals surface area (Å²) in [6.45, 7) is 1.96. The lowest BCUT2D eigenvalue weighted by Gasteiger charge is -2.34. The number of halogens is 1. The maximum Gasteiger partial charge on any atom is 0.270 e. The van der Waals surface area contributed by atoms with Crippen molar-refractivity contribution in [2.75, 3.05) is 18.0 Å². The summed E-state index contributed by atoms with van der Waals surface area (Å²) in [5.41, 5.74) is 2.53. The molecule has 0 atom stereocenters. The molecule has 1 saturated heterocycles. The number of fused-ring (bicyclic) bond motifs is 1. The summed E-state index contributed by atoms with van der Waals surface area (Å²) in [4.78, 5) is 14.9. The lowest BCUT2D eigenvalue weighted by Crippen LogP contribution is -2.39. The number of pyridine rings is 1. The fraction of sp³-hybridized carbons (Fsp3) is 0.304. The summed E-state index contributed by atoms with van der Waals surface area (Å²) >= 11 is 6.21. The molecule has 0 spiro atoms. The molecule has 1 aliphatic heterocycles. The normalized spacial score (nSPS) is 14.9. The minimum atomic E-state index is -0.252. The van der Waals surface area contributed by atoms with Gasteiger partial charge >= 0.3 is 0 Å². The van der Waals surface area contributed by atoms with Crippen LogP contribution in [-0.4, -0.2) is 23.8 Å². The van der Waals surface area contributed by atoms with E-state index in [-0.39, 0.29) is 17.2 Å². The highest BCUT2D eigenvalue weighted by molar-refractivity contribution is 6.31. The van der Waals surface area contributed by atoms with Crippen LogP contribution in [0.2, 0.25) is 5.02 Å². The van der Waals surface area contributed by atoms with Crippen LogP contribution in [0.15, 0.2) is 53.3 Å². The van der Waals surface area contributed by atoms with E-state index in [0.717, 1.165) is 53.1 Å². The molecule has 4 rings (SSSR count). The third-order valence-corrected chi connectivity index (χ3v) is 5.95. The van der Waals surface area contributed by atoms with Crippen molar-refractivity contribution in [2.24, 2.45) is 7.05 Å². The molecule has 0 N–H and O–H groups in total. The molecule has 2 heterocycles. The van der Waals surface area contributed by atoms with Gasteiger partial charge in [0.1, 0.15) is 11.6 Å². The standard InChI is InChI=1S/C23H22ClN3O2/c1-26-21-9-5-3-7-18(21)22(19(14-25)23(26)28)27-12-10-17(11-13-27)29-15-16-6-2-4-8-20(16)24/h2-9,17H,10-13,15H2,1H3.